The second-order valence-electron chi connectivity index (χ2n) is 3.16. The highest BCUT2D eigenvalue weighted by Gasteiger charge is 2.06. The molecule has 2 aromatic rings. The SMILES string of the molecule is CC(=O)Sc1cc(=O)c2ccc(Cl)cc2s1. The van der Waals surface area contributed by atoms with Gasteiger partial charge in [0.1, 0.15) is 0 Å². The van der Waals surface area contributed by atoms with Gasteiger partial charge in [-0.05, 0) is 30.0 Å². The van der Waals surface area contributed by atoms with E-state index in [4.69, 9.17) is 11.6 Å². The summed E-state index contributed by atoms with van der Waals surface area (Å²) < 4.78 is 1.51. The van der Waals surface area contributed by atoms with Crippen LogP contribution in [0.3, 0.4) is 0 Å². The average Bonchev–Trinajstić information content (AvgIpc) is 2.15. The number of thioether (sulfide) groups is 1. The summed E-state index contributed by atoms with van der Waals surface area (Å²) in [5.74, 6) is 0. The number of hydrogen-bond donors (Lipinski definition) is 0. The smallest absolute Gasteiger partial charge is 0.191 e. The Morgan fingerprint density at radius 3 is 2.81 bits per heavy atom. The lowest BCUT2D eigenvalue weighted by molar-refractivity contribution is -0.109. The molecule has 0 bridgehead atoms. The molecule has 1 heterocycles. The molecule has 0 aliphatic heterocycles. The molecule has 5 heteroatoms. The van der Waals surface area contributed by atoms with Crippen LogP contribution in [0.4, 0.5) is 0 Å². The second-order valence-corrected chi connectivity index (χ2v) is 6.16. The number of carbonyl (C=O) groups is 1. The lowest BCUT2D eigenvalue weighted by Gasteiger charge is -2.00. The molecule has 0 amide bonds. The van der Waals surface area contributed by atoms with E-state index < -0.39 is 0 Å². The third kappa shape index (κ3) is 2.45. The van der Waals surface area contributed by atoms with Crippen LogP contribution in [0, 0.1) is 0 Å². The van der Waals surface area contributed by atoms with E-state index in [0.29, 0.717) is 14.6 Å². The maximum Gasteiger partial charge on any atom is 0.191 e. The first-order chi connectivity index (χ1) is 7.56. The summed E-state index contributed by atoms with van der Waals surface area (Å²) >= 11 is 8.33. The third-order valence-corrected chi connectivity index (χ3v) is 4.13. The Balaban J connectivity index is 2.65. The first kappa shape index (κ1) is 11.6. The monoisotopic (exact) mass is 270 g/mol. The molecule has 0 N–H and O–H groups in total. The minimum atomic E-state index is -0.0748. The predicted octanol–water partition coefficient (Wildman–Crippen LogP) is 3.55. The molecule has 1 aromatic carbocycles. The van der Waals surface area contributed by atoms with E-state index in [-0.39, 0.29) is 10.5 Å². The Bertz CT molecular complexity index is 619. The Morgan fingerprint density at radius 1 is 1.38 bits per heavy atom. The molecule has 0 saturated heterocycles. The second kappa shape index (κ2) is 4.57. The third-order valence-electron chi connectivity index (χ3n) is 1.91. The first-order valence-corrected chi connectivity index (χ1v) is 6.49. The molecule has 16 heavy (non-hydrogen) atoms. The highest BCUT2D eigenvalue weighted by Crippen LogP contribution is 2.29. The lowest BCUT2D eigenvalue weighted by Crippen LogP contribution is -1.98. The fourth-order valence-corrected chi connectivity index (χ4v) is 3.62. The summed E-state index contributed by atoms with van der Waals surface area (Å²) in [5, 5.41) is 1.20. The van der Waals surface area contributed by atoms with Crippen molar-refractivity contribution in [3.8, 4) is 0 Å². The number of halogens is 1. The van der Waals surface area contributed by atoms with Gasteiger partial charge >= 0.3 is 0 Å². The fourth-order valence-electron chi connectivity index (χ4n) is 1.30. The maximum absolute atomic E-state index is 11.7. The number of rotatable bonds is 1. The van der Waals surface area contributed by atoms with Crippen LogP contribution in [0.25, 0.3) is 10.1 Å². The molecular formula is C11H7ClO2S2. The van der Waals surface area contributed by atoms with Gasteiger partial charge in [-0.1, -0.05) is 11.6 Å². The quantitative estimate of drug-likeness (QED) is 0.743. The highest BCUT2D eigenvalue weighted by molar-refractivity contribution is 8.15. The molecule has 1 aromatic heterocycles. The first-order valence-electron chi connectivity index (χ1n) is 4.48. The number of benzene rings is 1. The molecule has 0 unspecified atom stereocenters. The van der Waals surface area contributed by atoms with Crippen molar-refractivity contribution >= 4 is 49.9 Å². The molecule has 0 aliphatic rings. The van der Waals surface area contributed by atoms with Gasteiger partial charge in [0.05, 0.1) is 4.21 Å². The van der Waals surface area contributed by atoms with Gasteiger partial charge in [0.2, 0.25) is 0 Å². The standard InChI is InChI=1S/C11H7ClO2S2/c1-6(13)15-11-5-9(14)8-3-2-7(12)4-10(8)16-11/h2-5H,1H3. The molecule has 0 saturated carbocycles. The maximum atomic E-state index is 11.7. The number of carbonyl (C=O) groups excluding carboxylic acids is 1. The Morgan fingerprint density at radius 2 is 2.12 bits per heavy atom. The van der Waals surface area contributed by atoms with Gasteiger partial charge in [0.15, 0.2) is 10.5 Å². The van der Waals surface area contributed by atoms with E-state index in [2.05, 4.69) is 0 Å². The molecule has 2 rings (SSSR count). The van der Waals surface area contributed by atoms with E-state index in [9.17, 15) is 9.59 Å². The molecule has 0 fully saturated rings. The van der Waals surface area contributed by atoms with Crippen molar-refractivity contribution in [2.45, 2.75) is 11.1 Å². The summed E-state index contributed by atoms with van der Waals surface area (Å²) in [5.41, 5.74) is -0.0748. The van der Waals surface area contributed by atoms with Crippen molar-refractivity contribution in [1.82, 2.24) is 0 Å². The van der Waals surface area contributed by atoms with Crippen molar-refractivity contribution in [3.63, 3.8) is 0 Å². The zero-order valence-corrected chi connectivity index (χ0v) is 10.7. The largest absolute Gasteiger partial charge is 0.289 e. The zero-order valence-electron chi connectivity index (χ0n) is 8.32. The topological polar surface area (TPSA) is 34.1 Å². The van der Waals surface area contributed by atoms with Crippen LogP contribution in [-0.4, -0.2) is 5.12 Å². The Hall–Kier alpha value is -0.840. The summed E-state index contributed by atoms with van der Waals surface area (Å²) in [6, 6.07) is 6.63. The molecule has 2 nitrogen and oxygen atoms in total. The molecule has 82 valence electrons. The van der Waals surface area contributed by atoms with Crippen molar-refractivity contribution in [1.29, 1.82) is 0 Å². The van der Waals surface area contributed by atoms with Crippen LogP contribution in [0.5, 0.6) is 0 Å². The minimum absolute atomic E-state index is 0.0305. The van der Waals surface area contributed by atoms with Gasteiger partial charge in [0.25, 0.3) is 0 Å². The summed E-state index contributed by atoms with van der Waals surface area (Å²) in [6.45, 7) is 1.48. The van der Waals surface area contributed by atoms with E-state index in [0.717, 1.165) is 16.5 Å². The van der Waals surface area contributed by atoms with Crippen molar-refractivity contribution in [2.75, 3.05) is 0 Å². The number of hydrogen-bond acceptors (Lipinski definition) is 4. The van der Waals surface area contributed by atoms with Gasteiger partial charge in [-0.25, -0.2) is 0 Å². The molecular weight excluding hydrogens is 264 g/mol. The average molecular weight is 271 g/mol. The normalized spacial score (nSPS) is 10.6. The van der Waals surface area contributed by atoms with Gasteiger partial charge in [0, 0.05) is 28.1 Å². The van der Waals surface area contributed by atoms with Crippen LogP contribution in [0.2, 0.25) is 5.02 Å². The molecule has 0 atom stereocenters. The van der Waals surface area contributed by atoms with Crippen molar-refractivity contribution in [3.05, 3.63) is 39.5 Å². The van der Waals surface area contributed by atoms with E-state index in [1.807, 2.05) is 0 Å². The summed E-state index contributed by atoms with van der Waals surface area (Å²) in [6.07, 6.45) is 0. The van der Waals surface area contributed by atoms with Crippen LogP contribution in [0.15, 0.2) is 33.3 Å². The van der Waals surface area contributed by atoms with E-state index in [1.165, 1.54) is 24.3 Å². The number of fused-ring (bicyclic) bond motifs is 1. The van der Waals surface area contributed by atoms with Gasteiger partial charge < -0.3 is 0 Å². The fraction of sp³-hybridized carbons (Fsp3) is 0.0909. The lowest BCUT2D eigenvalue weighted by atomic mass is 10.2. The van der Waals surface area contributed by atoms with Gasteiger partial charge in [-0.15, -0.1) is 11.3 Å². The molecule has 0 radical (unpaired) electrons. The van der Waals surface area contributed by atoms with Crippen LogP contribution < -0.4 is 5.43 Å². The summed E-state index contributed by atoms with van der Waals surface area (Å²) in [4.78, 5) is 22.7. The van der Waals surface area contributed by atoms with Gasteiger partial charge in [-0.2, -0.15) is 0 Å². The van der Waals surface area contributed by atoms with Crippen molar-refractivity contribution in [2.24, 2.45) is 0 Å². The Labute approximate surface area is 105 Å². The van der Waals surface area contributed by atoms with Crippen LogP contribution >= 0.6 is 34.7 Å². The van der Waals surface area contributed by atoms with Crippen LogP contribution in [-0.2, 0) is 4.79 Å². The molecule has 0 spiro atoms. The van der Waals surface area contributed by atoms with E-state index in [1.54, 1.807) is 18.2 Å². The van der Waals surface area contributed by atoms with Gasteiger partial charge in [-0.3, -0.25) is 9.59 Å². The van der Waals surface area contributed by atoms with E-state index >= 15 is 0 Å². The predicted molar refractivity (Wildman–Crippen MR) is 69.6 cm³/mol. The summed E-state index contributed by atoms with van der Waals surface area (Å²) in [7, 11) is 0. The minimum Gasteiger partial charge on any atom is -0.289 e. The van der Waals surface area contributed by atoms with Crippen molar-refractivity contribution < 1.29 is 4.79 Å². The Kier molecular flexibility index (Phi) is 3.33. The highest BCUT2D eigenvalue weighted by atomic mass is 35.5. The molecule has 0 aliphatic carbocycles. The zero-order chi connectivity index (χ0) is 11.7. The van der Waals surface area contributed by atoms with Crippen LogP contribution in [0.1, 0.15) is 6.92 Å².